The van der Waals surface area contributed by atoms with E-state index in [0.717, 1.165) is 34.1 Å². The van der Waals surface area contributed by atoms with Gasteiger partial charge in [-0.15, -0.1) is 0 Å². The van der Waals surface area contributed by atoms with Crippen molar-refractivity contribution in [3.8, 4) is 11.5 Å². The zero-order valence-corrected chi connectivity index (χ0v) is 13.3. The molecule has 1 N–H and O–H groups in total. The molecular weight excluding hydrogens is 286 g/mol. The van der Waals surface area contributed by atoms with Crippen LogP contribution in [-0.4, -0.2) is 21.3 Å². The topological polar surface area (TPSA) is 30.5 Å². The number of hydrogen-bond donors (Lipinski definition) is 1. The molecule has 1 atom stereocenters. The Morgan fingerprint density at radius 3 is 2.43 bits per heavy atom. The maximum atomic E-state index is 6.26. The number of para-hydroxylation sites is 1. The number of nitrogens with one attached hydrogen (secondary N) is 1. The highest BCUT2D eigenvalue weighted by molar-refractivity contribution is 6.31. The van der Waals surface area contributed by atoms with Gasteiger partial charge in [-0.1, -0.05) is 41.9 Å². The van der Waals surface area contributed by atoms with Crippen molar-refractivity contribution in [1.82, 2.24) is 5.32 Å². The molecule has 112 valence electrons. The minimum atomic E-state index is 0.0925. The van der Waals surface area contributed by atoms with E-state index >= 15 is 0 Å². The van der Waals surface area contributed by atoms with Crippen molar-refractivity contribution in [1.29, 1.82) is 0 Å². The summed E-state index contributed by atoms with van der Waals surface area (Å²) in [5.74, 6) is 1.49. The molecule has 3 nitrogen and oxygen atoms in total. The zero-order valence-electron chi connectivity index (χ0n) is 12.5. The van der Waals surface area contributed by atoms with Crippen molar-refractivity contribution in [2.45, 2.75) is 12.5 Å². The van der Waals surface area contributed by atoms with E-state index in [9.17, 15) is 0 Å². The SMILES string of the molecule is CNC(Cc1ccccc1Cl)c1cccc(OC)c1OC. The molecule has 0 saturated carbocycles. The van der Waals surface area contributed by atoms with Gasteiger partial charge in [0.05, 0.1) is 14.2 Å². The molecule has 0 heterocycles. The van der Waals surface area contributed by atoms with E-state index in [2.05, 4.69) is 5.32 Å². The van der Waals surface area contributed by atoms with Crippen LogP contribution in [0.1, 0.15) is 17.2 Å². The molecule has 0 aliphatic carbocycles. The second-order valence-electron chi connectivity index (χ2n) is 4.72. The Morgan fingerprint density at radius 2 is 1.81 bits per heavy atom. The third kappa shape index (κ3) is 3.49. The van der Waals surface area contributed by atoms with Gasteiger partial charge in [-0.05, 0) is 31.2 Å². The van der Waals surface area contributed by atoms with E-state index in [1.165, 1.54) is 0 Å². The normalized spacial score (nSPS) is 12.0. The number of halogens is 1. The third-order valence-corrected chi connectivity index (χ3v) is 3.91. The lowest BCUT2D eigenvalue weighted by Gasteiger charge is -2.21. The lowest BCUT2D eigenvalue weighted by Crippen LogP contribution is -2.20. The molecule has 0 spiro atoms. The quantitative estimate of drug-likeness (QED) is 0.879. The first-order valence-corrected chi connectivity index (χ1v) is 7.20. The first kappa shape index (κ1) is 15.7. The molecule has 0 saturated heterocycles. The molecule has 2 aromatic rings. The van der Waals surface area contributed by atoms with Crippen LogP contribution in [0.2, 0.25) is 5.02 Å². The van der Waals surface area contributed by atoms with E-state index in [1.54, 1.807) is 14.2 Å². The maximum absolute atomic E-state index is 6.26. The average molecular weight is 306 g/mol. The highest BCUT2D eigenvalue weighted by Crippen LogP contribution is 2.36. The number of ether oxygens (including phenoxy) is 2. The minimum Gasteiger partial charge on any atom is -0.493 e. The van der Waals surface area contributed by atoms with Crippen molar-refractivity contribution in [2.24, 2.45) is 0 Å². The van der Waals surface area contributed by atoms with E-state index in [1.807, 2.05) is 49.5 Å². The monoisotopic (exact) mass is 305 g/mol. The molecule has 2 rings (SSSR count). The first-order valence-electron chi connectivity index (χ1n) is 6.82. The Kier molecular flexibility index (Phi) is 5.48. The fraction of sp³-hybridized carbons (Fsp3) is 0.294. The molecule has 0 radical (unpaired) electrons. The standard InChI is InChI=1S/C17H20ClNO2/c1-19-15(11-12-7-4-5-9-14(12)18)13-8-6-10-16(20-2)17(13)21-3/h4-10,15,19H,11H2,1-3H3. The summed E-state index contributed by atoms with van der Waals surface area (Å²) in [5.41, 5.74) is 2.16. The van der Waals surface area contributed by atoms with Gasteiger partial charge < -0.3 is 14.8 Å². The van der Waals surface area contributed by atoms with Crippen LogP contribution < -0.4 is 14.8 Å². The number of rotatable bonds is 6. The van der Waals surface area contributed by atoms with Crippen LogP contribution in [0.15, 0.2) is 42.5 Å². The third-order valence-electron chi connectivity index (χ3n) is 3.54. The van der Waals surface area contributed by atoms with Crippen LogP contribution in [0.4, 0.5) is 0 Å². The van der Waals surface area contributed by atoms with Crippen molar-refractivity contribution in [2.75, 3.05) is 21.3 Å². The molecule has 0 aromatic heterocycles. The fourth-order valence-electron chi connectivity index (χ4n) is 2.44. The molecule has 0 amide bonds. The number of likely N-dealkylation sites (N-methyl/N-ethyl adjacent to an activating group) is 1. The lowest BCUT2D eigenvalue weighted by atomic mass is 9.97. The first-order chi connectivity index (χ1) is 10.2. The molecular formula is C17H20ClNO2. The van der Waals surface area contributed by atoms with E-state index < -0.39 is 0 Å². The Balaban J connectivity index is 2.36. The van der Waals surface area contributed by atoms with Gasteiger partial charge in [0.15, 0.2) is 11.5 Å². The molecule has 4 heteroatoms. The summed E-state index contributed by atoms with van der Waals surface area (Å²) in [5, 5.41) is 4.10. The Hall–Kier alpha value is -1.71. The van der Waals surface area contributed by atoms with Crippen LogP contribution in [0.25, 0.3) is 0 Å². The summed E-state index contributed by atoms with van der Waals surface area (Å²) < 4.78 is 10.9. The molecule has 0 aliphatic rings. The van der Waals surface area contributed by atoms with Crippen molar-refractivity contribution >= 4 is 11.6 Å². The van der Waals surface area contributed by atoms with Gasteiger partial charge in [-0.3, -0.25) is 0 Å². The Labute approximate surface area is 130 Å². The molecule has 2 aromatic carbocycles. The van der Waals surface area contributed by atoms with Gasteiger partial charge in [0, 0.05) is 16.6 Å². The van der Waals surface area contributed by atoms with Gasteiger partial charge in [-0.25, -0.2) is 0 Å². The van der Waals surface area contributed by atoms with Gasteiger partial charge in [0.25, 0.3) is 0 Å². The second-order valence-corrected chi connectivity index (χ2v) is 5.13. The smallest absolute Gasteiger partial charge is 0.165 e. The van der Waals surface area contributed by atoms with Crippen LogP contribution in [0, 0.1) is 0 Å². The Bertz CT molecular complexity index is 601. The van der Waals surface area contributed by atoms with Gasteiger partial charge in [0.1, 0.15) is 0 Å². The fourth-order valence-corrected chi connectivity index (χ4v) is 2.65. The highest BCUT2D eigenvalue weighted by atomic mass is 35.5. The largest absolute Gasteiger partial charge is 0.493 e. The summed E-state index contributed by atoms with van der Waals surface area (Å²) in [6.45, 7) is 0. The highest BCUT2D eigenvalue weighted by Gasteiger charge is 2.19. The number of benzene rings is 2. The average Bonchev–Trinajstić information content (AvgIpc) is 2.53. The van der Waals surface area contributed by atoms with E-state index in [-0.39, 0.29) is 6.04 Å². The van der Waals surface area contributed by atoms with E-state index in [0.29, 0.717) is 0 Å². The van der Waals surface area contributed by atoms with Crippen LogP contribution in [0.5, 0.6) is 11.5 Å². The van der Waals surface area contributed by atoms with Gasteiger partial charge >= 0.3 is 0 Å². The molecule has 1 unspecified atom stereocenters. The Morgan fingerprint density at radius 1 is 1.05 bits per heavy atom. The van der Waals surface area contributed by atoms with Gasteiger partial charge in [-0.2, -0.15) is 0 Å². The summed E-state index contributed by atoms with van der Waals surface area (Å²) >= 11 is 6.26. The summed E-state index contributed by atoms with van der Waals surface area (Å²) in [6, 6.07) is 13.9. The number of methoxy groups -OCH3 is 2. The summed E-state index contributed by atoms with van der Waals surface area (Å²) in [6.07, 6.45) is 0.777. The predicted octanol–water partition coefficient (Wildman–Crippen LogP) is 3.86. The molecule has 0 bridgehead atoms. The van der Waals surface area contributed by atoms with Crippen LogP contribution >= 0.6 is 11.6 Å². The lowest BCUT2D eigenvalue weighted by molar-refractivity contribution is 0.347. The summed E-state index contributed by atoms with van der Waals surface area (Å²) in [7, 11) is 5.23. The van der Waals surface area contributed by atoms with Crippen molar-refractivity contribution in [3.63, 3.8) is 0 Å². The van der Waals surface area contributed by atoms with E-state index in [4.69, 9.17) is 21.1 Å². The van der Waals surface area contributed by atoms with Gasteiger partial charge in [0.2, 0.25) is 0 Å². The van der Waals surface area contributed by atoms with Crippen LogP contribution in [-0.2, 0) is 6.42 Å². The summed E-state index contributed by atoms with van der Waals surface area (Å²) in [4.78, 5) is 0. The molecule has 0 aliphatic heterocycles. The zero-order chi connectivity index (χ0) is 15.2. The minimum absolute atomic E-state index is 0.0925. The van der Waals surface area contributed by atoms with Crippen LogP contribution in [0.3, 0.4) is 0 Å². The number of hydrogen-bond acceptors (Lipinski definition) is 3. The van der Waals surface area contributed by atoms with Crippen molar-refractivity contribution in [3.05, 3.63) is 58.6 Å². The molecule has 0 fully saturated rings. The van der Waals surface area contributed by atoms with Crippen molar-refractivity contribution < 1.29 is 9.47 Å². The maximum Gasteiger partial charge on any atom is 0.165 e. The molecule has 21 heavy (non-hydrogen) atoms. The predicted molar refractivity (Wildman–Crippen MR) is 86.5 cm³/mol. The second kappa shape index (κ2) is 7.34.